The summed E-state index contributed by atoms with van der Waals surface area (Å²) >= 11 is 0. The molecule has 0 radical (unpaired) electrons. The third-order valence-electron chi connectivity index (χ3n) is 3.75. The normalized spacial score (nSPS) is 12.5. The van der Waals surface area contributed by atoms with Gasteiger partial charge in [0.05, 0.1) is 0 Å². The molecule has 0 aliphatic carbocycles. The second-order valence-electron chi connectivity index (χ2n) is 6.49. The fourth-order valence-corrected chi connectivity index (χ4v) is 5.17. The first kappa shape index (κ1) is 23.2. The summed E-state index contributed by atoms with van der Waals surface area (Å²) in [4.78, 5) is 24.4. The molecule has 0 heterocycles. The first-order chi connectivity index (χ1) is 11.2. The number of Topliss-reactive ketones (excluding diaryl/α,β-unsaturated/α-hetero) is 1. The van der Waals surface area contributed by atoms with Gasteiger partial charge in [-0.05, 0) is 41.0 Å². The highest BCUT2D eigenvalue weighted by molar-refractivity contribution is 6.60. The van der Waals surface area contributed by atoms with Gasteiger partial charge in [-0.15, -0.1) is 0 Å². The highest BCUT2D eigenvalue weighted by atomic mass is 28.4. The fraction of sp³-hybridized carbons (Fsp3) is 0.882. The molecule has 0 saturated heterocycles. The molecule has 0 aromatic heterocycles. The zero-order valence-electron chi connectivity index (χ0n) is 16.4. The van der Waals surface area contributed by atoms with Crippen LogP contribution in [0, 0.1) is 11.3 Å². The van der Waals surface area contributed by atoms with Crippen LogP contribution >= 0.6 is 0 Å². The number of ketones is 1. The minimum absolute atomic E-state index is 0.0540. The van der Waals surface area contributed by atoms with E-state index in [0.29, 0.717) is 38.8 Å². The third-order valence-corrected chi connectivity index (χ3v) is 6.90. The predicted molar refractivity (Wildman–Crippen MR) is 96.7 cm³/mol. The molecule has 7 heteroatoms. The maximum absolute atomic E-state index is 12.3. The molecule has 0 spiro atoms. The molecule has 0 atom stereocenters. The Bertz CT molecular complexity index is 381. The van der Waals surface area contributed by atoms with E-state index in [-0.39, 0.29) is 17.6 Å². The van der Waals surface area contributed by atoms with E-state index >= 15 is 0 Å². The van der Waals surface area contributed by atoms with Gasteiger partial charge in [0, 0.05) is 38.3 Å². The van der Waals surface area contributed by atoms with Crippen molar-refractivity contribution < 1.29 is 22.9 Å². The molecule has 0 aliphatic heterocycles. The Hall–Kier alpha value is -0.763. The summed E-state index contributed by atoms with van der Waals surface area (Å²) in [6.07, 6.45) is 0.684. The first-order valence-corrected chi connectivity index (χ1v) is 10.8. The van der Waals surface area contributed by atoms with Crippen molar-refractivity contribution in [1.29, 1.82) is 0 Å². The molecule has 1 N–H and O–H groups in total. The van der Waals surface area contributed by atoms with Gasteiger partial charge in [-0.1, -0.05) is 13.8 Å². The standard InChI is InChI=1S/C17H35NO5Si/c1-8-21-24(22-9-2,23-10-3)13-11-12-18-16(20)17(6,7)15(19)14(4)5/h14H,8-13H2,1-7H3,(H,18,20). The zero-order valence-corrected chi connectivity index (χ0v) is 17.4. The Morgan fingerprint density at radius 2 is 1.46 bits per heavy atom. The van der Waals surface area contributed by atoms with Gasteiger partial charge in [0.1, 0.15) is 11.2 Å². The van der Waals surface area contributed by atoms with Crippen LogP contribution in [-0.4, -0.2) is 46.9 Å². The third kappa shape index (κ3) is 7.00. The van der Waals surface area contributed by atoms with E-state index in [1.54, 1.807) is 13.8 Å². The Balaban J connectivity index is 4.57. The predicted octanol–water partition coefficient (Wildman–Crippen LogP) is 2.79. The smallest absolute Gasteiger partial charge is 0.374 e. The minimum atomic E-state index is -2.67. The number of rotatable bonds is 13. The van der Waals surface area contributed by atoms with E-state index in [9.17, 15) is 9.59 Å². The quantitative estimate of drug-likeness (QED) is 0.310. The fourth-order valence-electron chi connectivity index (χ4n) is 2.56. The monoisotopic (exact) mass is 361 g/mol. The lowest BCUT2D eigenvalue weighted by molar-refractivity contribution is -0.141. The van der Waals surface area contributed by atoms with Crippen LogP contribution in [-0.2, 0) is 22.9 Å². The molecule has 142 valence electrons. The van der Waals surface area contributed by atoms with Crippen LogP contribution in [0.15, 0.2) is 0 Å². The van der Waals surface area contributed by atoms with Gasteiger partial charge in [0.2, 0.25) is 5.91 Å². The summed E-state index contributed by atoms with van der Waals surface area (Å²) in [5.41, 5.74) is -1.01. The number of nitrogens with one attached hydrogen (secondary N) is 1. The van der Waals surface area contributed by atoms with E-state index in [4.69, 9.17) is 13.3 Å². The first-order valence-electron chi connectivity index (χ1n) is 8.91. The summed E-state index contributed by atoms with van der Waals surface area (Å²) in [6, 6.07) is 0.640. The van der Waals surface area contributed by atoms with Crippen LogP contribution in [0.3, 0.4) is 0 Å². The second-order valence-corrected chi connectivity index (χ2v) is 9.22. The number of carbonyl (C=O) groups excluding carboxylic acids is 2. The molecule has 0 unspecified atom stereocenters. The van der Waals surface area contributed by atoms with Crippen molar-refractivity contribution in [3.63, 3.8) is 0 Å². The Morgan fingerprint density at radius 1 is 1.00 bits per heavy atom. The van der Waals surface area contributed by atoms with E-state index in [1.807, 2.05) is 34.6 Å². The molecule has 0 saturated carbocycles. The Kier molecular flexibility index (Phi) is 10.6. The molecule has 0 bridgehead atoms. The van der Waals surface area contributed by atoms with Crippen molar-refractivity contribution in [3.05, 3.63) is 0 Å². The number of hydrogen-bond donors (Lipinski definition) is 1. The topological polar surface area (TPSA) is 73.9 Å². The lowest BCUT2D eigenvalue weighted by Crippen LogP contribution is -2.47. The zero-order chi connectivity index (χ0) is 18.8. The van der Waals surface area contributed by atoms with Gasteiger partial charge in [0.25, 0.3) is 0 Å². The second kappa shape index (κ2) is 11.0. The Labute approximate surface area is 148 Å². The molecule has 24 heavy (non-hydrogen) atoms. The van der Waals surface area contributed by atoms with E-state index in [2.05, 4.69) is 5.32 Å². The highest BCUT2D eigenvalue weighted by Gasteiger charge is 2.40. The van der Waals surface area contributed by atoms with Gasteiger partial charge < -0.3 is 18.6 Å². The Morgan fingerprint density at radius 3 is 1.83 bits per heavy atom. The van der Waals surface area contributed by atoms with Crippen LogP contribution in [0.1, 0.15) is 54.9 Å². The summed E-state index contributed by atoms with van der Waals surface area (Å²) in [7, 11) is -2.67. The molecule has 0 fully saturated rings. The lowest BCUT2D eigenvalue weighted by atomic mass is 9.81. The molecular formula is C17H35NO5Si. The van der Waals surface area contributed by atoms with Crippen LogP contribution in [0.5, 0.6) is 0 Å². The maximum atomic E-state index is 12.3. The number of carbonyl (C=O) groups is 2. The lowest BCUT2D eigenvalue weighted by Gasteiger charge is -2.29. The molecule has 0 aromatic rings. The molecule has 1 amide bonds. The van der Waals surface area contributed by atoms with Crippen molar-refractivity contribution >= 4 is 20.5 Å². The summed E-state index contributed by atoms with van der Waals surface area (Å²) in [5.74, 6) is -0.459. The summed E-state index contributed by atoms with van der Waals surface area (Å²) in [5, 5.41) is 2.85. The van der Waals surface area contributed by atoms with E-state index in [0.717, 1.165) is 0 Å². The number of hydrogen-bond acceptors (Lipinski definition) is 5. The van der Waals surface area contributed by atoms with Crippen molar-refractivity contribution in [2.24, 2.45) is 11.3 Å². The maximum Gasteiger partial charge on any atom is 0.500 e. The number of amides is 1. The van der Waals surface area contributed by atoms with Gasteiger partial charge >= 0.3 is 8.80 Å². The molecule has 0 rings (SSSR count). The summed E-state index contributed by atoms with van der Waals surface area (Å²) < 4.78 is 17.3. The van der Waals surface area contributed by atoms with Gasteiger partial charge in [-0.25, -0.2) is 0 Å². The van der Waals surface area contributed by atoms with Gasteiger partial charge in [-0.3, -0.25) is 9.59 Å². The molecule has 6 nitrogen and oxygen atoms in total. The molecule has 0 aliphatic rings. The van der Waals surface area contributed by atoms with Crippen LogP contribution in [0.25, 0.3) is 0 Å². The van der Waals surface area contributed by atoms with Crippen molar-refractivity contribution in [2.75, 3.05) is 26.4 Å². The van der Waals surface area contributed by atoms with E-state index < -0.39 is 14.2 Å². The van der Waals surface area contributed by atoms with Crippen LogP contribution in [0.2, 0.25) is 6.04 Å². The van der Waals surface area contributed by atoms with Gasteiger partial charge in [-0.2, -0.15) is 0 Å². The van der Waals surface area contributed by atoms with Crippen LogP contribution in [0.4, 0.5) is 0 Å². The summed E-state index contributed by atoms with van der Waals surface area (Å²) in [6.45, 7) is 14.8. The van der Waals surface area contributed by atoms with Crippen molar-refractivity contribution in [3.8, 4) is 0 Å². The average molecular weight is 362 g/mol. The molecular weight excluding hydrogens is 326 g/mol. The largest absolute Gasteiger partial charge is 0.500 e. The molecule has 0 aromatic carbocycles. The highest BCUT2D eigenvalue weighted by Crippen LogP contribution is 2.22. The van der Waals surface area contributed by atoms with E-state index in [1.165, 1.54) is 0 Å². The van der Waals surface area contributed by atoms with Crippen molar-refractivity contribution in [1.82, 2.24) is 5.32 Å². The van der Waals surface area contributed by atoms with Crippen molar-refractivity contribution in [2.45, 2.75) is 60.9 Å². The minimum Gasteiger partial charge on any atom is -0.374 e. The van der Waals surface area contributed by atoms with Gasteiger partial charge in [0.15, 0.2) is 0 Å². The SMILES string of the molecule is CCO[Si](CCCNC(=O)C(C)(C)C(=O)C(C)C)(OCC)OCC. The van der Waals surface area contributed by atoms with Crippen LogP contribution < -0.4 is 5.32 Å². The average Bonchev–Trinajstić information content (AvgIpc) is 2.51.